The van der Waals surface area contributed by atoms with Crippen LogP contribution in [0.1, 0.15) is 31.7 Å². The maximum absolute atomic E-state index is 6.12. The van der Waals surface area contributed by atoms with Crippen molar-refractivity contribution in [2.45, 2.75) is 38.8 Å². The second-order valence-corrected chi connectivity index (χ2v) is 5.18. The highest BCUT2D eigenvalue weighted by Crippen LogP contribution is 2.28. The van der Waals surface area contributed by atoms with Gasteiger partial charge in [-0.05, 0) is 42.9 Å². The molecule has 1 aliphatic rings. The minimum atomic E-state index is 0.500. The molecule has 0 amide bonds. The zero-order valence-electron chi connectivity index (χ0n) is 9.67. The van der Waals surface area contributed by atoms with E-state index in [0.29, 0.717) is 12.6 Å². The quantitative estimate of drug-likeness (QED) is 0.847. The minimum Gasteiger partial charge on any atom is -0.382 e. The summed E-state index contributed by atoms with van der Waals surface area (Å²) in [4.78, 5) is 0. The third kappa shape index (κ3) is 2.69. The lowest BCUT2D eigenvalue weighted by Crippen LogP contribution is -2.15. The SMILES string of the molecule is CC1CCC(Nc2ccc(CN)c(Cl)c2)C1. The zero-order valence-corrected chi connectivity index (χ0v) is 10.4. The Labute approximate surface area is 102 Å². The van der Waals surface area contributed by atoms with Crippen LogP contribution in [0.3, 0.4) is 0 Å². The molecule has 0 aromatic heterocycles. The van der Waals surface area contributed by atoms with Crippen LogP contribution >= 0.6 is 11.6 Å². The van der Waals surface area contributed by atoms with Crippen LogP contribution in [0.25, 0.3) is 0 Å². The first-order valence-corrected chi connectivity index (χ1v) is 6.32. The van der Waals surface area contributed by atoms with E-state index in [2.05, 4.69) is 18.3 Å². The standard InChI is InChI=1S/C13H19ClN2/c1-9-2-4-11(6-9)16-12-5-3-10(8-15)13(14)7-12/h3,5,7,9,11,16H,2,4,6,8,15H2,1H3. The Morgan fingerprint density at radius 1 is 1.44 bits per heavy atom. The van der Waals surface area contributed by atoms with Crippen molar-refractivity contribution in [1.29, 1.82) is 0 Å². The summed E-state index contributed by atoms with van der Waals surface area (Å²) in [7, 11) is 0. The number of hydrogen-bond donors (Lipinski definition) is 2. The van der Waals surface area contributed by atoms with Gasteiger partial charge in [0.2, 0.25) is 0 Å². The Morgan fingerprint density at radius 3 is 2.81 bits per heavy atom. The topological polar surface area (TPSA) is 38.0 Å². The maximum Gasteiger partial charge on any atom is 0.0471 e. The van der Waals surface area contributed by atoms with Gasteiger partial charge in [0.15, 0.2) is 0 Å². The molecule has 1 saturated carbocycles. The van der Waals surface area contributed by atoms with Crippen molar-refractivity contribution in [3.63, 3.8) is 0 Å². The second-order valence-electron chi connectivity index (χ2n) is 4.77. The van der Waals surface area contributed by atoms with Gasteiger partial charge >= 0.3 is 0 Å². The molecule has 0 heterocycles. The highest BCUT2D eigenvalue weighted by Gasteiger charge is 2.20. The Kier molecular flexibility index (Phi) is 3.72. The summed E-state index contributed by atoms with van der Waals surface area (Å²) in [5.74, 6) is 0.844. The van der Waals surface area contributed by atoms with E-state index in [4.69, 9.17) is 17.3 Å². The van der Waals surface area contributed by atoms with Crippen LogP contribution in [0.5, 0.6) is 0 Å². The van der Waals surface area contributed by atoms with Crippen LogP contribution in [-0.2, 0) is 6.54 Å². The molecule has 0 radical (unpaired) electrons. The van der Waals surface area contributed by atoms with Gasteiger partial charge in [0.1, 0.15) is 0 Å². The van der Waals surface area contributed by atoms with Crippen molar-refractivity contribution in [3.8, 4) is 0 Å². The molecule has 1 aromatic carbocycles. The van der Waals surface area contributed by atoms with E-state index >= 15 is 0 Å². The minimum absolute atomic E-state index is 0.500. The number of hydrogen-bond acceptors (Lipinski definition) is 2. The molecule has 1 aliphatic carbocycles. The highest BCUT2D eigenvalue weighted by molar-refractivity contribution is 6.31. The van der Waals surface area contributed by atoms with Gasteiger partial charge in [-0.2, -0.15) is 0 Å². The maximum atomic E-state index is 6.12. The predicted octanol–water partition coefficient (Wildman–Crippen LogP) is 3.40. The molecule has 3 N–H and O–H groups in total. The molecule has 16 heavy (non-hydrogen) atoms. The van der Waals surface area contributed by atoms with Crippen LogP contribution in [0.2, 0.25) is 5.02 Å². The summed E-state index contributed by atoms with van der Waals surface area (Å²) < 4.78 is 0. The van der Waals surface area contributed by atoms with Gasteiger partial charge in [0, 0.05) is 23.3 Å². The fourth-order valence-electron chi connectivity index (χ4n) is 2.38. The van der Waals surface area contributed by atoms with Crippen LogP contribution in [0.4, 0.5) is 5.69 Å². The summed E-state index contributed by atoms with van der Waals surface area (Å²) in [5.41, 5.74) is 7.70. The van der Waals surface area contributed by atoms with Crippen molar-refractivity contribution in [3.05, 3.63) is 28.8 Å². The van der Waals surface area contributed by atoms with E-state index in [0.717, 1.165) is 22.2 Å². The Balaban J connectivity index is 2.02. The molecule has 2 unspecified atom stereocenters. The van der Waals surface area contributed by atoms with Crippen molar-refractivity contribution >= 4 is 17.3 Å². The van der Waals surface area contributed by atoms with E-state index in [1.807, 2.05) is 12.1 Å². The van der Waals surface area contributed by atoms with Crippen LogP contribution < -0.4 is 11.1 Å². The monoisotopic (exact) mass is 238 g/mol. The lowest BCUT2D eigenvalue weighted by molar-refractivity contribution is 0.602. The second kappa shape index (κ2) is 5.07. The molecule has 88 valence electrons. The van der Waals surface area contributed by atoms with Gasteiger partial charge < -0.3 is 11.1 Å². The third-order valence-electron chi connectivity index (χ3n) is 3.34. The van der Waals surface area contributed by atoms with E-state index < -0.39 is 0 Å². The molecule has 0 aliphatic heterocycles. The van der Waals surface area contributed by atoms with Gasteiger partial charge in [0.05, 0.1) is 0 Å². The number of nitrogens with one attached hydrogen (secondary N) is 1. The normalized spacial score (nSPS) is 24.7. The Morgan fingerprint density at radius 2 is 2.25 bits per heavy atom. The third-order valence-corrected chi connectivity index (χ3v) is 3.69. The largest absolute Gasteiger partial charge is 0.382 e. The number of halogens is 1. The molecule has 0 bridgehead atoms. The average Bonchev–Trinajstić information content (AvgIpc) is 2.64. The van der Waals surface area contributed by atoms with Gasteiger partial charge in [-0.15, -0.1) is 0 Å². The van der Waals surface area contributed by atoms with Crippen molar-refractivity contribution in [2.24, 2.45) is 11.7 Å². The first-order chi connectivity index (χ1) is 7.69. The van der Waals surface area contributed by atoms with E-state index in [1.54, 1.807) is 0 Å². The van der Waals surface area contributed by atoms with Gasteiger partial charge in [-0.1, -0.05) is 24.6 Å². The lowest BCUT2D eigenvalue weighted by atomic mass is 10.1. The summed E-state index contributed by atoms with van der Waals surface area (Å²) in [6, 6.07) is 6.65. The van der Waals surface area contributed by atoms with Crippen LogP contribution in [0, 0.1) is 5.92 Å². The van der Waals surface area contributed by atoms with E-state index in [1.165, 1.54) is 19.3 Å². The number of benzene rings is 1. The summed E-state index contributed by atoms with van der Waals surface area (Å²) in [6.07, 6.45) is 3.85. The average molecular weight is 239 g/mol. The van der Waals surface area contributed by atoms with Crippen molar-refractivity contribution in [1.82, 2.24) is 0 Å². The van der Waals surface area contributed by atoms with Gasteiger partial charge in [0.25, 0.3) is 0 Å². The number of nitrogens with two attached hydrogens (primary N) is 1. The fraction of sp³-hybridized carbons (Fsp3) is 0.538. The molecule has 2 nitrogen and oxygen atoms in total. The van der Waals surface area contributed by atoms with Crippen molar-refractivity contribution < 1.29 is 0 Å². The highest BCUT2D eigenvalue weighted by atomic mass is 35.5. The number of rotatable bonds is 3. The number of anilines is 1. The molecular weight excluding hydrogens is 220 g/mol. The van der Waals surface area contributed by atoms with Crippen LogP contribution in [0.15, 0.2) is 18.2 Å². The molecule has 2 atom stereocenters. The molecule has 0 saturated heterocycles. The van der Waals surface area contributed by atoms with E-state index in [-0.39, 0.29) is 0 Å². The summed E-state index contributed by atoms with van der Waals surface area (Å²) in [6.45, 7) is 2.81. The molecule has 1 fully saturated rings. The first kappa shape index (κ1) is 11.7. The Bertz CT molecular complexity index is 365. The van der Waals surface area contributed by atoms with Gasteiger partial charge in [-0.3, -0.25) is 0 Å². The Hall–Kier alpha value is -0.730. The summed E-state index contributed by atoms with van der Waals surface area (Å²) >= 11 is 6.12. The smallest absolute Gasteiger partial charge is 0.0471 e. The molecule has 2 rings (SSSR count). The zero-order chi connectivity index (χ0) is 11.5. The summed E-state index contributed by atoms with van der Waals surface area (Å²) in [5, 5.41) is 4.30. The molecule has 3 heteroatoms. The molecular formula is C13H19ClN2. The van der Waals surface area contributed by atoms with Crippen LogP contribution in [-0.4, -0.2) is 6.04 Å². The molecule has 1 aromatic rings. The molecule has 0 spiro atoms. The van der Waals surface area contributed by atoms with Crippen molar-refractivity contribution in [2.75, 3.05) is 5.32 Å². The predicted molar refractivity (Wildman–Crippen MR) is 69.8 cm³/mol. The van der Waals surface area contributed by atoms with E-state index in [9.17, 15) is 0 Å². The lowest BCUT2D eigenvalue weighted by Gasteiger charge is -2.15. The van der Waals surface area contributed by atoms with Gasteiger partial charge in [-0.25, -0.2) is 0 Å². The fourth-order valence-corrected chi connectivity index (χ4v) is 2.63. The first-order valence-electron chi connectivity index (χ1n) is 5.94.